The lowest BCUT2D eigenvalue weighted by molar-refractivity contribution is 0.107. The summed E-state index contributed by atoms with van der Waals surface area (Å²) in [7, 11) is 1.46. The molecule has 2 nitrogen and oxygen atoms in total. The van der Waals surface area contributed by atoms with Gasteiger partial charge in [0.15, 0.2) is 0 Å². The maximum atomic E-state index is 11.1. The van der Waals surface area contributed by atoms with Gasteiger partial charge in [0.2, 0.25) is 0 Å². The number of rotatable bonds is 2. The van der Waals surface area contributed by atoms with Gasteiger partial charge in [-0.05, 0) is 42.6 Å². The van der Waals surface area contributed by atoms with Gasteiger partial charge in [0, 0.05) is 0 Å². The Morgan fingerprint density at radius 1 is 1.43 bits per heavy atom. The summed E-state index contributed by atoms with van der Waals surface area (Å²) in [4.78, 5) is 11.1. The van der Waals surface area contributed by atoms with Crippen LogP contribution in [0.25, 0.3) is 0 Å². The van der Waals surface area contributed by atoms with Gasteiger partial charge in [-0.2, -0.15) is 0 Å². The molecule has 0 amide bonds. The van der Waals surface area contributed by atoms with Crippen molar-refractivity contribution in [2.75, 3.05) is 7.11 Å². The standard InChI is InChI=1S/C10H10Cl2O2/c1-5-4-7(10(12)13)9(14-3)8(11)6(5)2/h4H,1-3H3. The molecule has 1 rings (SSSR count). The predicted octanol–water partition coefficient (Wildman–Crippen LogP) is 3.34. The van der Waals surface area contributed by atoms with E-state index in [1.165, 1.54) is 7.11 Å². The first-order valence-corrected chi connectivity index (χ1v) is 4.78. The molecule has 0 saturated heterocycles. The molecule has 0 aliphatic carbocycles. The maximum Gasteiger partial charge on any atom is 0.256 e. The molecule has 0 aliphatic heterocycles. The molecular weight excluding hydrogens is 223 g/mol. The van der Waals surface area contributed by atoms with Gasteiger partial charge in [0.25, 0.3) is 5.24 Å². The first-order chi connectivity index (χ1) is 6.49. The molecule has 0 N–H and O–H groups in total. The van der Waals surface area contributed by atoms with Crippen molar-refractivity contribution in [2.45, 2.75) is 13.8 Å². The fourth-order valence-electron chi connectivity index (χ4n) is 1.20. The molecule has 1 aromatic carbocycles. The number of halogens is 2. The van der Waals surface area contributed by atoms with Crippen LogP contribution < -0.4 is 4.74 Å². The summed E-state index contributed by atoms with van der Waals surface area (Å²) >= 11 is 11.4. The second kappa shape index (κ2) is 4.20. The van der Waals surface area contributed by atoms with Crippen LogP contribution in [0.15, 0.2) is 6.07 Å². The number of hydrogen-bond acceptors (Lipinski definition) is 2. The topological polar surface area (TPSA) is 26.3 Å². The van der Waals surface area contributed by atoms with Crippen LogP contribution in [-0.4, -0.2) is 12.4 Å². The van der Waals surface area contributed by atoms with Crippen LogP contribution in [0.3, 0.4) is 0 Å². The number of benzene rings is 1. The van der Waals surface area contributed by atoms with E-state index in [1.54, 1.807) is 6.07 Å². The fourth-order valence-corrected chi connectivity index (χ4v) is 1.67. The summed E-state index contributed by atoms with van der Waals surface area (Å²) < 4.78 is 5.04. The molecule has 0 aliphatic rings. The van der Waals surface area contributed by atoms with E-state index in [0.29, 0.717) is 16.3 Å². The van der Waals surface area contributed by atoms with E-state index >= 15 is 0 Å². The normalized spacial score (nSPS) is 10.1. The molecule has 0 aromatic heterocycles. The molecule has 0 radical (unpaired) electrons. The number of aryl methyl sites for hydroxylation is 1. The SMILES string of the molecule is COc1c(C(=O)Cl)cc(C)c(C)c1Cl. The quantitative estimate of drug-likeness (QED) is 0.732. The van der Waals surface area contributed by atoms with Crippen molar-refractivity contribution in [3.63, 3.8) is 0 Å². The Labute approximate surface area is 92.8 Å². The minimum Gasteiger partial charge on any atom is -0.494 e. The van der Waals surface area contributed by atoms with Crippen molar-refractivity contribution < 1.29 is 9.53 Å². The molecule has 0 fully saturated rings. The molecule has 0 atom stereocenters. The van der Waals surface area contributed by atoms with Crippen LogP contribution in [-0.2, 0) is 0 Å². The second-order valence-electron chi connectivity index (χ2n) is 2.99. The molecule has 76 valence electrons. The zero-order valence-electron chi connectivity index (χ0n) is 8.15. The van der Waals surface area contributed by atoms with Gasteiger partial charge < -0.3 is 4.74 Å². The molecule has 0 spiro atoms. The lowest BCUT2D eigenvalue weighted by Crippen LogP contribution is -1.99. The average molecular weight is 233 g/mol. The predicted molar refractivity (Wildman–Crippen MR) is 57.7 cm³/mol. The minimum atomic E-state index is -0.563. The lowest BCUT2D eigenvalue weighted by Gasteiger charge is -2.11. The number of carbonyl (C=O) groups excluding carboxylic acids is 1. The van der Waals surface area contributed by atoms with Gasteiger partial charge >= 0.3 is 0 Å². The maximum absolute atomic E-state index is 11.1. The van der Waals surface area contributed by atoms with E-state index in [1.807, 2.05) is 13.8 Å². The Bertz CT molecular complexity index is 386. The van der Waals surface area contributed by atoms with E-state index in [-0.39, 0.29) is 0 Å². The first kappa shape index (κ1) is 11.3. The zero-order valence-corrected chi connectivity index (χ0v) is 9.66. The van der Waals surface area contributed by atoms with E-state index in [2.05, 4.69) is 0 Å². The molecule has 0 heterocycles. The fraction of sp³-hybridized carbons (Fsp3) is 0.300. The number of hydrogen-bond donors (Lipinski definition) is 0. The molecular formula is C10H10Cl2O2. The van der Waals surface area contributed by atoms with E-state index in [4.69, 9.17) is 27.9 Å². The smallest absolute Gasteiger partial charge is 0.256 e. The van der Waals surface area contributed by atoms with Crippen LogP contribution in [0.2, 0.25) is 5.02 Å². The third-order valence-electron chi connectivity index (χ3n) is 2.14. The number of carbonyl (C=O) groups is 1. The van der Waals surface area contributed by atoms with Gasteiger partial charge in [-0.3, -0.25) is 4.79 Å². The monoisotopic (exact) mass is 232 g/mol. The summed E-state index contributed by atoms with van der Waals surface area (Å²) in [6, 6.07) is 1.68. The molecule has 0 unspecified atom stereocenters. The van der Waals surface area contributed by atoms with Crippen molar-refractivity contribution in [3.05, 3.63) is 27.8 Å². The van der Waals surface area contributed by atoms with E-state index < -0.39 is 5.24 Å². The lowest BCUT2D eigenvalue weighted by atomic mass is 10.1. The summed E-state index contributed by atoms with van der Waals surface area (Å²) in [6.07, 6.45) is 0. The molecule has 14 heavy (non-hydrogen) atoms. The van der Waals surface area contributed by atoms with Crippen molar-refractivity contribution in [3.8, 4) is 5.75 Å². The number of ether oxygens (including phenoxy) is 1. The molecule has 0 bridgehead atoms. The van der Waals surface area contributed by atoms with E-state index in [9.17, 15) is 4.79 Å². The highest BCUT2D eigenvalue weighted by Gasteiger charge is 2.16. The van der Waals surface area contributed by atoms with Crippen LogP contribution in [0, 0.1) is 13.8 Å². The van der Waals surface area contributed by atoms with Crippen LogP contribution in [0.4, 0.5) is 0 Å². The highest BCUT2D eigenvalue weighted by Crippen LogP contribution is 2.34. The third kappa shape index (κ3) is 1.86. The van der Waals surface area contributed by atoms with Crippen LogP contribution in [0.1, 0.15) is 21.5 Å². The Kier molecular flexibility index (Phi) is 3.40. The summed E-state index contributed by atoms with van der Waals surface area (Å²) in [5, 5.41) is -0.122. The second-order valence-corrected chi connectivity index (χ2v) is 3.71. The molecule has 1 aromatic rings. The third-order valence-corrected chi connectivity index (χ3v) is 2.80. The van der Waals surface area contributed by atoms with E-state index in [0.717, 1.165) is 11.1 Å². The van der Waals surface area contributed by atoms with Crippen molar-refractivity contribution in [1.29, 1.82) is 0 Å². The summed E-state index contributed by atoms with van der Waals surface area (Å²) in [5.41, 5.74) is 2.12. The van der Waals surface area contributed by atoms with Crippen LogP contribution >= 0.6 is 23.2 Å². The Morgan fingerprint density at radius 3 is 2.43 bits per heavy atom. The minimum absolute atomic E-state index is 0.308. The van der Waals surface area contributed by atoms with Crippen molar-refractivity contribution in [1.82, 2.24) is 0 Å². The summed E-state index contributed by atoms with van der Waals surface area (Å²) in [6.45, 7) is 3.73. The van der Waals surface area contributed by atoms with Gasteiger partial charge in [0.05, 0.1) is 17.7 Å². The van der Waals surface area contributed by atoms with Crippen molar-refractivity contribution >= 4 is 28.4 Å². The average Bonchev–Trinajstić information content (AvgIpc) is 2.13. The van der Waals surface area contributed by atoms with Crippen LogP contribution in [0.5, 0.6) is 5.75 Å². The Balaban J connectivity index is 3.51. The van der Waals surface area contributed by atoms with Crippen molar-refractivity contribution in [2.24, 2.45) is 0 Å². The van der Waals surface area contributed by atoms with Gasteiger partial charge in [0.1, 0.15) is 5.75 Å². The van der Waals surface area contributed by atoms with Gasteiger partial charge in [-0.15, -0.1) is 0 Å². The molecule has 0 saturated carbocycles. The zero-order chi connectivity index (χ0) is 10.9. The highest BCUT2D eigenvalue weighted by molar-refractivity contribution is 6.68. The number of methoxy groups -OCH3 is 1. The van der Waals surface area contributed by atoms with Gasteiger partial charge in [-0.1, -0.05) is 11.6 Å². The highest BCUT2D eigenvalue weighted by atomic mass is 35.5. The van der Waals surface area contributed by atoms with Gasteiger partial charge in [-0.25, -0.2) is 0 Å². The first-order valence-electron chi connectivity index (χ1n) is 4.02. The Hall–Kier alpha value is -0.730. The largest absolute Gasteiger partial charge is 0.494 e. The Morgan fingerprint density at radius 2 is 2.00 bits per heavy atom. The summed E-state index contributed by atoms with van der Waals surface area (Å²) in [5.74, 6) is 0.342. The molecule has 4 heteroatoms.